The lowest BCUT2D eigenvalue weighted by Gasteiger charge is -2.20. The van der Waals surface area contributed by atoms with E-state index in [1.807, 2.05) is 38.1 Å². The number of carboxylic acid groups (broad SMARTS) is 1. The van der Waals surface area contributed by atoms with Crippen LogP contribution in [0.1, 0.15) is 51.7 Å². The van der Waals surface area contributed by atoms with Gasteiger partial charge in [-0.25, -0.2) is 13.6 Å². The number of pyridine rings is 1. The second kappa shape index (κ2) is 15.1. The summed E-state index contributed by atoms with van der Waals surface area (Å²) in [6, 6.07) is 12.1. The maximum atomic E-state index is 14.8. The number of carbonyl (C=O) groups excluding carboxylic acids is 2. The second-order valence-electron chi connectivity index (χ2n) is 10.4. The molecule has 3 aromatic rings. The summed E-state index contributed by atoms with van der Waals surface area (Å²) in [6.07, 6.45) is -0.944. The smallest absolute Gasteiger partial charge is 0.344 e. The number of benzene rings is 2. The number of halogens is 2. The first-order valence-electron chi connectivity index (χ1n) is 13.8. The number of nitrogens with two attached hydrogens (primary N) is 1. The highest BCUT2D eigenvalue weighted by molar-refractivity contribution is 5.86. The molecule has 1 unspecified atom stereocenters. The van der Waals surface area contributed by atoms with Gasteiger partial charge >= 0.3 is 5.97 Å². The molecule has 2 amide bonds. The number of nitrogens with one attached hydrogen (secondary N) is 2. The zero-order valence-corrected chi connectivity index (χ0v) is 24.4. The third-order valence-corrected chi connectivity index (χ3v) is 6.31. The summed E-state index contributed by atoms with van der Waals surface area (Å²) in [7, 11) is 0. The zero-order chi connectivity index (χ0) is 31.7. The highest BCUT2D eigenvalue weighted by Crippen LogP contribution is 2.32. The quantitative estimate of drug-likeness (QED) is 0.209. The van der Waals surface area contributed by atoms with Gasteiger partial charge in [-0.3, -0.25) is 9.59 Å². The van der Waals surface area contributed by atoms with Crippen molar-refractivity contribution in [2.45, 2.75) is 65.8 Å². The molecule has 0 aliphatic heterocycles. The summed E-state index contributed by atoms with van der Waals surface area (Å²) in [5, 5.41) is 14.8. The van der Waals surface area contributed by atoms with Gasteiger partial charge in [-0.1, -0.05) is 39.0 Å². The van der Waals surface area contributed by atoms with E-state index in [1.54, 1.807) is 18.2 Å². The largest absolute Gasteiger partial charge is 0.479 e. The maximum absolute atomic E-state index is 14.8. The van der Waals surface area contributed by atoms with Crippen molar-refractivity contribution in [2.75, 3.05) is 0 Å². The molecule has 2 aromatic carbocycles. The normalized spacial score (nSPS) is 12.4. The molecule has 1 aromatic heterocycles. The number of rotatable bonds is 14. The third kappa shape index (κ3) is 9.47. The first kappa shape index (κ1) is 32.9. The number of carboxylic acids is 1. The van der Waals surface area contributed by atoms with Gasteiger partial charge in [0.1, 0.15) is 11.8 Å². The minimum Gasteiger partial charge on any atom is -0.479 e. The summed E-state index contributed by atoms with van der Waals surface area (Å²) in [6.45, 7) is 7.09. The number of aliphatic carboxylic acids is 1. The second-order valence-corrected chi connectivity index (χ2v) is 10.4. The van der Waals surface area contributed by atoms with Crippen LogP contribution in [0.3, 0.4) is 0 Å². The lowest BCUT2D eigenvalue weighted by molar-refractivity contribution is -0.145. The Morgan fingerprint density at radius 3 is 2.33 bits per heavy atom. The van der Waals surface area contributed by atoms with Crippen LogP contribution in [0.25, 0.3) is 11.1 Å². The Morgan fingerprint density at radius 2 is 1.70 bits per heavy atom. The van der Waals surface area contributed by atoms with Crippen LogP contribution in [0.2, 0.25) is 0 Å². The van der Waals surface area contributed by atoms with Gasteiger partial charge in [0, 0.05) is 26.1 Å². The Balaban J connectivity index is 1.97. The van der Waals surface area contributed by atoms with Crippen molar-refractivity contribution in [1.82, 2.24) is 15.6 Å². The molecule has 12 heteroatoms. The SMILES string of the molecule is CCC(Oc1nc(Oc2cc(CNC(=O)[C@H](CC(C)C)NC(C)=O)cc(-c3cccc(CN)c3)c2)c(F)cc1F)C(=O)O. The van der Waals surface area contributed by atoms with E-state index in [4.69, 9.17) is 15.2 Å². The van der Waals surface area contributed by atoms with Crippen molar-refractivity contribution in [3.63, 3.8) is 0 Å². The number of carbonyl (C=O) groups is 3. The average molecular weight is 599 g/mol. The fourth-order valence-corrected chi connectivity index (χ4v) is 4.27. The van der Waals surface area contributed by atoms with Crippen LogP contribution in [-0.2, 0) is 27.5 Å². The van der Waals surface area contributed by atoms with Gasteiger partial charge in [-0.05, 0) is 65.3 Å². The van der Waals surface area contributed by atoms with Crippen molar-refractivity contribution >= 4 is 17.8 Å². The van der Waals surface area contributed by atoms with E-state index in [1.165, 1.54) is 13.8 Å². The number of hydrogen-bond acceptors (Lipinski definition) is 7. The van der Waals surface area contributed by atoms with E-state index in [9.17, 15) is 28.3 Å². The van der Waals surface area contributed by atoms with Crippen molar-refractivity contribution < 1.29 is 37.7 Å². The van der Waals surface area contributed by atoms with E-state index in [-0.39, 0.29) is 36.4 Å². The number of hydrogen-bond donors (Lipinski definition) is 4. The molecule has 0 aliphatic rings. The molecule has 0 aliphatic carbocycles. The Kier molecular flexibility index (Phi) is 11.5. The third-order valence-electron chi connectivity index (χ3n) is 6.31. The van der Waals surface area contributed by atoms with Gasteiger partial charge < -0.3 is 30.9 Å². The Bertz CT molecular complexity index is 1470. The minimum absolute atomic E-state index is 0.0168. The fraction of sp³-hybridized carbons (Fsp3) is 0.355. The molecule has 1 heterocycles. The topological polar surface area (TPSA) is 153 Å². The van der Waals surface area contributed by atoms with Crippen molar-refractivity contribution in [3.05, 3.63) is 71.3 Å². The van der Waals surface area contributed by atoms with E-state index >= 15 is 0 Å². The van der Waals surface area contributed by atoms with Crippen LogP contribution in [0.4, 0.5) is 8.78 Å². The predicted molar refractivity (Wildman–Crippen MR) is 155 cm³/mol. The highest BCUT2D eigenvalue weighted by Gasteiger charge is 2.23. The fourth-order valence-electron chi connectivity index (χ4n) is 4.27. The Hall–Kier alpha value is -4.58. The number of ether oxygens (including phenoxy) is 2. The molecule has 10 nitrogen and oxygen atoms in total. The first-order valence-corrected chi connectivity index (χ1v) is 13.8. The Morgan fingerprint density at radius 1 is 1.00 bits per heavy atom. The molecular formula is C31H36F2N4O6. The predicted octanol–water partition coefficient (Wildman–Crippen LogP) is 4.69. The molecule has 0 saturated carbocycles. The van der Waals surface area contributed by atoms with Gasteiger partial charge in [0.05, 0.1) is 0 Å². The summed E-state index contributed by atoms with van der Waals surface area (Å²) >= 11 is 0. The molecule has 0 saturated heterocycles. The average Bonchev–Trinajstić information content (AvgIpc) is 2.95. The molecule has 2 atom stereocenters. The van der Waals surface area contributed by atoms with Crippen molar-refractivity contribution in [3.8, 4) is 28.6 Å². The highest BCUT2D eigenvalue weighted by atomic mass is 19.1. The van der Waals surface area contributed by atoms with Gasteiger partial charge in [0.2, 0.25) is 11.8 Å². The number of aromatic nitrogens is 1. The molecule has 0 bridgehead atoms. The van der Waals surface area contributed by atoms with Gasteiger partial charge in [0.15, 0.2) is 17.7 Å². The summed E-state index contributed by atoms with van der Waals surface area (Å²) in [4.78, 5) is 39.7. The zero-order valence-electron chi connectivity index (χ0n) is 24.4. The van der Waals surface area contributed by atoms with E-state index in [2.05, 4.69) is 15.6 Å². The van der Waals surface area contributed by atoms with Crippen LogP contribution < -0.4 is 25.8 Å². The molecule has 0 radical (unpaired) electrons. The molecule has 5 N–H and O–H groups in total. The van der Waals surface area contributed by atoms with E-state index in [0.717, 1.165) is 11.1 Å². The lowest BCUT2D eigenvalue weighted by atomic mass is 10.00. The van der Waals surface area contributed by atoms with Crippen LogP contribution in [0, 0.1) is 17.6 Å². The van der Waals surface area contributed by atoms with Crippen LogP contribution in [-0.4, -0.2) is 40.0 Å². The van der Waals surface area contributed by atoms with E-state index < -0.39 is 41.5 Å². The Labute approximate surface area is 248 Å². The molecule has 3 rings (SSSR count). The molecule has 0 spiro atoms. The van der Waals surface area contributed by atoms with E-state index in [0.29, 0.717) is 30.2 Å². The molecule has 230 valence electrons. The summed E-state index contributed by atoms with van der Waals surface area (Å²) < 4.78 is 40.0. The van der Waals surface area contributed by atoms with Crippen molar-refractivity contribution in [1.29, 1.82) is 0 Å². The summed E-state index contributed by atoms with van der Waals surface area (Å²) in [5.41, 5.74) is 8.66. The summed E-state index contributed by atoms with van der Waals surface area (Å²) in [5.74, 6) is -5.46. The number of nitrogens with zero attached hydrogens (tertiary/aromatic N) is 1. The molecule has 43 heavy (non-hydrogen) atoms. The molecular weight excluding hydrogens is 562 g/mol. The first-order chi connectivity index (χ1) is 20.4. The lowest BCUT2D eigenvalue weighted by Crippen LogP contribution is -2.46. The van der Waals surface area contributed by atoms with Crippen LogP contribution >= 0.6 is 0 Å². The number of amides is 2. The maximum Gasteiger partial charge on any atom is 0.344 e. The monoisotopic (exact) mass is 598 g/mol. The molecule has 0 fully saturated rings. The standard InChI is InChI=1S/C31H36F2N4O6/c1-5-27(31(40)41)43-30-25(33)14-24(32)29(37-30)42-23-12-20(11-22(13-23)21-8-6-7-19(10-21)15-34)16-35-28(39)26(9-17(2)3)36-18(4)38/h6-8,10-14,17,26-27H,5,9,15-16,34H2,1-4H3,(H,35,39)(H,36,38)(H,40,41)/t26-,27?/m0/s1. The minimum atomic E-state index is -1.40. The van der Waals surface area contributed by atoms with Gasteiger partial charge in [-0.2, -0.15) is 4.98 Å². The van der Waals surface area contributed by atoms with Crippen LogP contribution in [0.5, 0.6) is 17.5 Å². The van der Waals surface area contributed by atoms with Crippen LogP contribution in [0.15, 0.2) is 48.5 Å². The van der Waals surface area contributed by atoms with Crippen molar-refractivity contribution in [2.24, 2.45) is 11.7 Å². The van der Waals surface area contributed by atoms with Gasteiger partial charge in [-0.15, -0.1) is 0 Å². The van der Waals surface area contributed by atoms with Gasteiger partial charge in [0.25, 0.3) is 11.8 Å².